The SMILES string of the molecule is CNC(=O)[C@H](C)N(Cc1ccccc1C)C(=O)CN(c1ccccc1)S(=O)(=O)c1ccccc1. The highest BCUT2D eigenvalue weighted by Gasteiger charge is 2.32. The average Bonchev–Trinajstić information content (AvgIpc) is 2.86. The third kappa shape index (κ3) is 5.63. The molecule has 0 heterocycles. The number of sulfonamides is 1. The van der Waals surface area contributed by atoms with Crippen LogP contribution in [0.2, 0.25) is 0 Å². The van der Waals surface area contributed by atoms with Crippen LogP contribution in [0.25, 0.3) is 0 Å². The van der Waals surface area contributed by atoms with Gasteiger partial charge in [-0.25, -0.2) is 8.42 Å². The van der Waals surface area contributed by atoms with E-state index in [9.17, 15) is 18.0 Å². The molecule has 0 saturated carbocycles. The number of aryl methyl sites for hydroxylation is 1. The van der Waals surface area contributed by atoms with Crippen molar-refractivity contribution in [1.82, 2.24) is 10.2 Å². The van der Waals surface area contributed by atoms with Gasteiger partial charge in [-0.15, -0.1) is 0 Å². The molecule has 0 radical (unpaired) electrons. The van der Waals surface area contributed by atoms with Crippen LogP contribution in [0.15, 0.2) is 89.8 Å². The van der Waals surface area contributed by atoms with E-state index in [1.165, 1.54) is 24.1 Å². The van der Waals surface area contributed by atoms with Crippen LogP contribution < -0.4 is 9.62 Å². The quantitative estimate of drug-likeness (QED) is 0.510. The minimum absolute atomic E-state index is 0.0801. The van der Waals surface area contributed by atoms with Crippen molar-refractivity contribution in [2.75, 3.05) is 17.9 Å². The van der Waals surface area contributed by atoms with E-state index >= 15 is 0 Å². The first kappa shape index (κ1) is 25.0. The van der Waals surface area contributed by atoms with Crippen molar-refractivity contribution in [1.29, 1.82) is 0 Å². The Morgan fingerprint density at radius 2 is 1.44 bits per heavy atom. The Balaban J connectivity index is 2.01. The topological polar surface area (TPSA) is 86.8 Å². The Bertz CT molecular complexity index is 1230. The molecule has 8 heteroatoms. The highest BCUT2D eigenvalue weighted by atomic mass is 32.2. The molecule has 3 aromatic carbocycles. The lowest BCUT2D eigenvalue weighted by Crippen LogP contribution is -2.50. The molecule has 0 unspecified atom stereocenters. The summed E-state index contributed by atoms with van der Waals surface area (Å²) in [6.45, 7) is 3.29. The normalized spacial score (nSPS) is 12.0. The molecule has 1 N–H and O–H groups in total. The van der Waals surface area contributed by atoms with E-state index in [1.807, 2.05) is 31.2 Å². The molecular weight excluding hydrogens is 450 g/mol. The standard InChI is InChI=1S/C26H29N3O4S/c1-20-12-10-11-13-22(20)18-28(21(2)26(31)27-3)25(30)19-29(23-14-6-4-7-15-23)34(32,33)24-16-8-5-9-17-24/h4-17,21H,18-19H2,1-3H3,(H,27,31)/t21-/m0/s1. The maximum atomic E-state index is 13.6. The molecule has 1 atom stereocenters. The van der Waals surface area contributed by atoms with Gasteiger partial charge < -0.3 is 10.2 Å². The van der Waals surface area contributed by atoms with Crippen LogP contribution in [0.3, 0.4) is 0 Å². The molecule has 178 valence electrons. The van der Waals surface area contributed by atoms with E-state index in [1.54, 1.807) is 55.5 Å². The fourth-order valence-corrected chi connectivity index (χ4v) is 5.04. The first-order valence-corrected chi connectivity index (χ1v) is 12.4. The zero-order valence-corrected chi connectivity index (χ0v) is 20.3. The minimum Gasteiger partial charge on any atom is -0.357 e. The van der Waals surface area contributed by atoms with Crippen molar-refractivity contribution in [3.8, 4) is 0 Å². The van der Waals surface area contributed by atoms with E-state index in [0.29, 0.717) is 5.69 Å². The molecular formula is C26H29N3O4S. The summed E-state index contributed by atoms with van der Waals surface area (Å²) < 4.78 is 28.2. The van der Waals surface area contributed by atoms with E-state index < -0.39 is 28.5 Å². The minimum atomic E-state index is -4.03. The summed E-state index contributed by atoms with van der Waals surface area (Å²) in [6.07, 6.45) is 0. The highest BCUT2D eigenvalue weighted by molar-refractivity contribution is 7.92. The van der Waals surface area contributed by atoms with Crippen molar-refractivity contribution >= 4 is 27.5 Å². The monoisotopic (exact) mass is 479 g/mol. The van der Waals surface area contributed by atoms with Crippen molar-refractivity contribution in [3.63, 3.8) is 0 Å². The number of carbonyl (C=O) groups is 2. The number of hydrogen-bond donors (Lipinski definition) is 1. The number of amides is 2. The van der Waals surface area contributed by atoms with Gasteiger partial charge in [0.25, 0.3) is 10.0 Å². The van der Waals surface area contributed by atoms with Crippen LogP contribution in [0.1, 0.15) is 18.1 Å². The zero-order chi connectivity index (χ0) is 24.7. The summed E-state index contributed by atoms with van der Waals surface area (Å²) in [4.78, 5) is 27.6. The molecule has 0 saturated heterocycles. The molecule has 7 nitrogen and oxygen atoms in total. The largest absolute Gasteiger partial charge is 0.357 e. The number of carbonyl (C=O) groups excluding carboxylic acids is 2. The number of anilines is 1. The molecule has 0 aromatic heterocycles. The van der Waals surface area contributed by atoms with Crippen molar-refractivity contribution in [2.45, 2.75) is 31.3 Å². The number of nitrogens with zero attached hydrogens (tertiary/aromatic N) is 2. The molecule has 3 aromatic rings. The van der Waals surface area contributed by atoms with Gasteiger partial charge >= 0.3 is 0 Å². The Kier molecular flexibility index (Phi) is 8.07. The highest BCUT2D eigenvalue weighted by Crippen LogP contribution is 2.24. The molecule has 0 fully saturated rings. The summed E-state index contributed by atoms with van der Waals surface area (Å²) in [5, 5.41) is 2.58. The Morgan fingerprint density at radius 3 is 2.03 bits per heavy atom. The number of nitrogens with one attached hydrogen (secondary N) is 1. The van der Waals surface area contributed by atoms with Gasteiger partial charge in [0, 0.05) is 13.6 Å². The lowest BCUT2D eigenvalue weighted by atomic mass is 10.1. The van der Waals surface area contributed by atoms with E-state index in [4.69, 9.17) is 0 Å². The van der Waals surface area contributed by atoms with Crippen LogP contribution in [0, 0.1) is 6.92 Å². The van der Waals surface area contributed by atoms with Crippen molar-refractivity contribution in [2.24, 2.45) is 0 Å². The third-order valence-electron chi connectivity index (χ3n) is 5.67. The van der Waals surface area contributed by atoms with Gasteiger partial charge in [-0.3, -0.25) is 13.9 Å². The van der Waals surface area contributed by atoms with Gasteiger partial charge in [0.15, 0.2) is 0 Å². The summed E-state index contributed by atoms with van der Waals surface area (Å²) >= 11 is 0. The number of para-hydroxylation sites is 1. The number of rotatable bonds is 9. The molecule has 0 aliphatic rings. The Hall–Kier alpha value is -3.65. The molecule has 3 rings (SSSR count). The second-order valence-corrected chi connectivity index (χ2v) is 9.76. The van der Waals surface area contributed by atoms with Crippen molar-refractivity contribution in [3.05, 3.63) is 96.1 Å². The lowest BCUT2D eigenvalue weighted by molar-refractivity contribution is -0.139. The predicted octanol–water partition coefficient (Wildman–Crippen LogP) is 3.35. The molecule has 34 heavy (non-hydrogen) atoms. The molecule has 0 spiro atoms. The van der Waals surface area contributed by atoms with Crippen LogP contribution in [-0.4, -0.2) is 44.8 Å². The maximum Gasteiger partial charge on any atom is 0.264 e. The summed E-state index contributed by atoms with van der Waals surface area (Å²) in [5.41, 5.74) is 2.22. The van der Waals surface area contributed by atoms with E-state index in [2.05, 4.69) is 5.32 Å². The molecule has 0 aliphatic heterocycles. The van der Waals surface area contributed by atoms with Gasteiger partial charge in [0.05, 0.1) is 10.6 Å². The fourth-order valence-electron chi connectivity index (χ4n) is 3.61. The first-order valence-electron chi connectivity index (χ1n) is 10.9. The van der Waals surface area contributed by atoms with Gasteiger partial charge in [-0.05, 0) is 49.2 Å². The molecule has 0 bridgehead atoms. The number of benzene rings is 3. The van der Waals surface area contributed by atoms with Gasteiger partial charge in [-0.1, -0.05) is 60.7 Å². The van der Waals surface area contributed by atoms with Gasteiger partial charge in [0.2, 0.25) is 11.8 Å². The molecule has 0 aliphatic carbocycles. The fraction of sp³-hybridized carbons (Fsp3) is 0.231. The summed E-state index contributed by atoms with van der Waals surface area (Å²) in [7, 11) is -2.52. The summed E-state index contributed by atoms with van der Waals surface area (Å²) in [6, 6.07) is 23.3. The Labute approximate surface area is 201 Å². The lowest BCUT2D eigenvalue weighted by Gasteiger charge is -2.32. The van der Waals surface area contributed by atoms with Crippen LogP contribution in [0.4, 0.5) is 5.69 Å². The molecule has 2 amide bonds. The van der Waals surface area contributed by atoms with E-state index in [-0.39, 0.29) is 17.3 Å². The Morgan fingerprint density at radius 1 is 0.882 bits per heavy atom. The summed E-state index contributed by atoms with van der Waals surface area (Å²) in [5.74, 6) is -0.818. The third-order valence-corrected chi connectivity index (χ3v) is 7.46. The smallest absolute Gasteiger partial charge is 0.264 e. The van der Waals surface area contributed by atoms with Gasteiger partial charge in [0.1, 0.15) is 12.6 Å². The van der Waals surface area contributed by atoms with Crippen LogP contribution in [-0.2, 0) is 26.2 Å². The first-order chi connectivity index (χ1) is 16.3. The van der Waals surface area contributed by atoms with Crippen LogP contribution >= 0.6 is 0 Å². The number of likely N-dealkylation sites (N-methyl/N-ethyl adjacent to an activating group) is 1. The second-order valence-electron chi connectivity index (χ2n) is 7.90. The van der Waals surface area contributed by atoms with Crippen molar-refractivity contribution < 1.29 is 18.0 Å². The predicted molar refractivity (Wildman–Crippen MR) is 133 cm³/mol. The average molecular weight is 480 g/mol. The van der Waals surface area contributed by atoms with Crippen LogP contribution in [0.5, 0.6) is 0 Å². The van der Waals surface area contributed by atoms with Gasteiger partial charge in [-0.2, -0.15) is 0 Å². The van der Waals surface area contributed by atoms with E-state index in [0.717, 1.165) is 15.4 Å². The maximum absolute atomic E-state index is 13.6. The zero-order valence-electron chi connectivity index (χ0n) is 19.5. The second kappa shape index (κ2) is 11.0. The number of hydrogen-bond acceptors (Lipinski definition) is 4.